The number of aromatic nitrogens is 4. The number of halogens is 2. The van der Waals surface area contributed by atoms with Crippen LogP contribution in [0.25, 0.3) is 33.5 Å². The van der Waals surface area contributed by atoms with E-state index in [0.717, 1.165) is 45.5 Å². The third-order valence-corrected chi connectivity index (χ3v) is 5.84. The maximum atomic E-state index is 13.8. The fraction of sp³-hybridized carbons (Fsp3) is 0.0769. The minimum absolute atomic E-state index is 0.248. The lowest BCUT2D eigenvalue weighted by molar-refractivity contribution is 0.626. The second-order valence-electron chi connectivity index (χ2n) is 7.87. The summed E-state index contributed by atoms with van der Waals surface area (Å²) in [7, 11) is 0. The zero-order valence-corrected chi connectivity index (χ0v) is 17.4. The highest BCUT2D eigenvalue weighted by molar-refractivity contribution is 5.96. The van der Waals surface area contributed by atoms with Gasteiger partial charge < -0.3 is 4.90 Å². The molecule has 0 radical (unpaired) electrons. The van der Waals surface area contributed by atoms with Gasteiger partial charge in [0.1, 0.15) is 23.1 Å². The predicted octanol–water partition coefficient (Wildman–Crippen LogP) is 5.73. The van der Waals surface area contributed by atoms with E-state index in [9.17, 15) is 8.78 Å². The molecule has 1 aliphatic heterocycles. The van der Waals surface area contributed by atoms with E-state index in [1.165, 1.54) is 18.2 Å². The molecule has 1 aliphatic rings. The van der Waals surface area contributed by atoms with Gasteiger partial charge in [0, 0.05) is 30.0 Å². The Bertz CT molecular complexity index is 1490. The van der Waals surface area contributed by atoms with E-state index in [1.54, 1.807) is 42.9 Å². The molecule has 2 aromatic heterocycles. The smallest absolute Gasteiger partial charge is 0.182 e. The van der Waals surface area contributed by atoms with E-state index in [4.69, 9.17) is 9.97 Å². The molecule has 0 aliphatic carbocycles. The first-order valence-electron chi connectivity index (χ1n) is 10.6. The van der Waals surface area contributed by atoms with E-state index >= 15 is 0 Å². The van der Waals surface area contributed by atoms with Gasteiger partial charge >= 0.3 is 0 Å². The topological polar surface area (TPSA) is 54.8 Å². The Kier molecular flexibility index (Phi) is 4.54. The number of rotatable bonds is 3. The first kappa shape index (κ1) is 19.4. The van der Waals surface area contributed by atoms with Crippen LogP contribution in [-0.4, -0.2) is 26.5 Å². The van der Waals surface area contributed by atoms with Crippen molar-refractivity contribution in [2.75, 3.05) is 11.4 Å². The van der Waals surface area contributed by atoms with Crippen LogP contribution in [0.2, 0.25) is 0 Å². The van der Waals surface area contributed by atoms with Crippen molar-refractivity contribution >= 4 is 22.4 Å². The Labute approximate surface area is 188 Å². The molecule has 3 heterocycles. The molecule has 3 aromatic carbocycles. The number of benzene rings is 3. The largest absolute Gasteiger partial charge is 0.325 e. The lowest BCUT2D eigenvalue weighted by atomic mass is 10.0. The van der Waals surface area contributed by atoms with E-state index in [1.807, 2.05) is 18.2 Å². The van der Waals surface area contributed by atoms with Gasteiger partial charge in [-0.1, -0.05) is 18.2 Å². The maximum absolute atomic E-state index is 13.8. The average Bonchev–Trinajstić information content (AvgIpc) is 3.27. The van der Waals surface area contributed by atoms with Crippen LogP contribution in [0, 0.1) is 11.6 Å². The van der Waals surface area contributed by atoms with Gasteiger partial charge in [0.05, 0.1) is 11.7 Å². The Morgan fingerprint density at radius 3 is 2.42 bits per heavy atom. The molecule has 5 nitrogen and oxygen atoms in total. The van der Waals surface area contributed by atoms with Crippen molar-refractivity contribution in [1.82, 2.24) is 19.9 Å². The van der Waals surface area contributed by atoms with Crippen LogP contribution in [0.3, 0.4) is 0 Å². The van der Waals surface area contributed by atoms with E-state index in [2.05, 4.69) is 14.9 Å². The molecule has 0 amide bonds. The van der Waals surface area contributed by atoms with Gasteiger partial charge in [0.15, 0.2) is 5.82 Å². The fourth-order valence-electron chi connectivity index (χ4n) is 4.26. The summed E-state index contributed by atoms with van der Waals surface area (Å²) in [5.41, 5.74) is 5.01. The van der Waals surface area contributed by atoms with Gasteiger partial charge in [-0.25, -0.2) is 23.7 Å². The Balaban J connectivity index is 1.57. The molecular formula is C26H17F2N5. The summed E-state index contributed by atoms with van der Waals surface area (Å²) >= 11 is 0. The monoisotopic (exact) mass is 437 g/mol. The quantitative estimate of drug-likeness (QED) is 0.361. The van der Waals surface area contributed by atoms with Crippen molar-refractivity contribution in [3.05, 3.63) is 96.5 Å². The summed E-state index contributed by atoms with van der Waals surface area (Å²) in [6.45, 7) is 0.672. The molecule has 6 rings (SSSR count). The first-order chi connectivity index (χ1) is 16.2. The molecular weight excluding hydrogens is 420 g/mol. The van der Waals surface area contributed by atoms with Crippen LogP contribution in [0.15, 0.2) is 79.3 Å². The third kappa shape index (κ3) is 3.47. The van der Waals surface area contributed by atoms with Crippen LogP contribution in [-0.2, 0) is 6.42 Å². The van der Waals surface area contributed by atoms with Crippen molar-refractivity contribution in [2.24, 2.45) is 0 Å². The molecule has 0 saturated heterocycles. The molecule has 0 N–H and O–H groups in total. The third-order valence-electron chi connectivity index (χ3n) is 5.84. The summed E-state index contributed by atoms with van der Waals surface area (Å²) in [4.78, 5) is 20.2. The highest BCUT2D eigenvalue weighted by atomic mass is 19.1. The SMILES string of the molecule is Fc1ccc(-c2ccc3nc(-c4cnccn4)nc(N4CCc5cc(F)ccc54)c3c2)cc1. The zero-order valence-electron chi connectivity index (χ0n) is 17.4. The predicted molar refractivity (Wildman–Crippen MR) is 123 cm³/mol. The minimum Gasteiger partial charge on any atom is -0.325 e. The normalized spacial score (nSPS) is 12.8. The molecule has 33 heavy (non-hydrogen) atoms. The summed E-state index contributed by atoms with van der Waals surface area (Å²) in [6.07, 6.45) is 5.56. The fourth-order valence-corrected chi connectivity index (χ4v) is 4.26. The van der Waals surface area contributed by atoms with Gasteiger partial charge in [-0.15, -0.1) is 0 Å². The lowest BCUT2D eigenvalue weighted by Gasteiger charge is -2.21. The molecule has 7 heteroatoms. The number of fused-ring (bicyclic) bond motifs is 2. The summed E-state index contributed by atoms with van der Waals surface area (Å²) in [5.74, 6) is 0.658. The van der Waals surface area contributed by atoms with E-state index in [-0.39, 0.29) is 11.6 Å². The van der Waals surface area contributed by atoms with Crippen molar-refractivity contribution in [2.45, 2.75) is 6.42 Å². The highest BCUT2D eigenvalue weighted by Crippen LogP contribution is 2.39. The molecule has 5 aromatic rings. The van der Waals surface area contributed by atoms with Gasteiger partial charge in [-0.3, -0.25) is 4.98 Å². The second kappa shape index (κ2) is 7.70. The standard InChI is InChI=1S/C26H17F2N5/c27-19-4-1-16(2-5-19)17-3-7-22-21(14-17)26(32-25(31-22)23-15-29-10-11-30-23)33-12-9-18-13-20(28)6-8-24(18)33/h1-8,10-11,13-15H,9,12H2. The van der Waals surface area contributed by atoms with Gasteiger partial charge in [0.2, 0.25) is 0 Å². The van der Waals surface area contributed by atoms with Crippen LogP contribution >= 0.6 is 0 Å². The Morgan fingerprint density at radius 1 is 0.788 bits per heavy atom. The van der Waals surface area contributed by atoms with Crippen LogP contribution in [0.4, 0.5) is 20.3 Å². The maximum Gasteiger partial charge on any atom is 0.182 e. The minimum atomic E-state index is -0.280. The molecule has 0 bridgehead atoms. The number of anilines is 2. The summed E-state index contributed by atoms with van der Waals surface area (Å²) in [6, 6.07) is 17.1. The lowest BCUT2D eigenvalue weighted by Crippen LogP contribution is -2.16. The van der Waals surface area contributed by atoms with Crippen LogP contribution < -0.4 is 4.90 Å². The molecule has 0 saturated carbocycles. The van der Waals surface area contributed by atoms with Crippen molar-refractivity contribution in [1.29, 1.82) is 0 Å². The van der Waals surface area contributed by atoms with Crippen molar-refractivity contribution in [3.8, 4) is 22.6 Å². The molecule has 0 atom stereocenters. The van der Waals surface area contributed by atoms with Crippen LogP contribution in [0.1, 0.15) is 5.56 Å². The molecule has 0 fully saturated rings. The number of nitrogens with zero attached hydrogens (tertiary/aromatic N) is 5. The Hall–Kier alpha value is -4.26. The van der Waals surface area contributed by atoms with Crippen molar-refractivity contribution in [3.63, 3.8) is 0 Å². The highest BCUT2D eigenvalue weighted by Gasteiger charge is 2.25. The Morgan fingerprint density at radius 2 is 1.61 bits per heavy atom. The van der Waals surface area contributed by atoms with Crippen molar-refractivity contribution < 1.29 is 8.78 Å². The summed E-state index contributed by atoms with van der Waals surface area (Å²) < 4.78 is 27.2. The van der Waals surface area contributed by atoms with Gasteiger partial charge in [-0.2, -0.15) is 0 Å². The van der Waals surface area contributed by atoms with E-state index in [0.29, 0.717) is 18.1 Å². The first-order valence-corrected chi connectivity index (χ1v) is 10.6. The van der Waals surface area contributed by atoms with Gasteiger partial charge in [0.25, 0.3) is 0 Å². The van der Waals surface area contributed by atoms with Crippen LogP contribution in [0.5, 0.6) is 0 Å². The van der Waals surface area contributed by atoms with Gasteiger partial charge in [-0.05, 0) is 65.6 Å². The molecule has 160 valence electrons. The zero-order chi connectivity index (χ0) is 22.4. The average molecular weight is 437 g/mol. The number of hydrogen-bond acceptors (Lipinski definition) is 5. The number of hydrogen-bond donors (Lipinski definition) is 0. The second-order valence-corrected chi connectivity index (χ2v) is 7.87. The summed E-state index contributed by atoms with van der Waals surface area (Å²) in [5, 5.41) is 0.849. The molecule has 0 spiro atoms. The molecule has 0 unspecified atom stereocenters. The van der Waals surface area contributed by atoms with E-state index < -0.39 is 0 Å².